The topological polar surface area (TPSA) is 93.5 Å². The molecular formula is C12H17N3O4. The molecule has 7 heteroatoms. The summed E-state index contributed by atoms with van der Waals surface area (Å²) >= 11 is 0. The quantitative estimate of drug-likeness (QED) is 0.600. The molecule has 0 radical (unpaired) electrons. The maximum atomic E-state index is 11.9. The van der Waals surface area contributed by atoms with Crippen LogP contribution in [0.5, 0.6) is 0 Å². The van der Waals surface area contributed by atoms with E-state index in [1.54, 1.807) is 14.2 Å². The second kappa shape index (κ2) is 6.69. The molecule has 0 aliphatic rings. The molecule has 2 N–H and O–H groups in total. The van der Waals surface area contributed by atoms with Gasteiger partial charge in [-0.15, -0.1) is 0 Å². The van der Waals surface area contributed by atoms with Gasteiger partial charge in [0.15, 0.2) is 0 Å². The molecule has 0 aliphatic carbocycles. The molecule has 0 aliphatic heterocycles. The zero-order valence-electron chi connectivity index (χ0n) is 11.1. The van der Waals surface area contributed by atoms with E-state index in [-0.39, 0.29) is 17.6 Å². The Morgan fingerprint density at radius 3 is 2.74 bits per heavy atom. The number of carbonyl (C=O) groups is 1. The van der Waals surface area contributed by atoms with E-state index < -0.39 is 4.92 Å². The number of nitro benzene ring substituents is 1. The van der Waals surface area contributed by atoms with Gasteiger partial charge in [0.25, 0.3) is 11.6 Å². The van der Waals surface area contributed by atoms with Crippen molar-refractivity contribution in [2.24, 2.45) is 0 Å². The Balaban J connectivity index is 2.90. The predicted octanol–water partition coefficient (Wildman–Crippen LogP) is 1.40. The van der Waals surface area contributed by atoms with Crippen molar-refractivity contribution in [2.45, 2.75) is 13.0 Å². The van der Waals surface area contributed by atoms with Crippen LogP contribution in [0.4, 0.5) is 11.4 Å². The van der Waals surface area contributed by atoms with Crippen LogP contribution in [-0.4, -0.2) is 37.6 Å². The first kappa shape index (κ1) is 14.9. The normalized spacial score (nSPS) is 11.7. The average Bonchev–Trinajstić information content (AvgIpc) is 2.37. The summed E-state index contributed by atoms with van der Waals surface area (Å²) in [6.45, 7) is 2.21. The number of hydrogen-bond acceptors (Lipinski definition) is 5. The molecule has 0 saturated heterocycles. The number of nitrogens with zero attached hydrogens (tertiary/aromatic N) is 1. The number of carbonyl (C=O) groups excluding carboxylic acids is 1. The van der Waals surface area contributed by atoms with E-state index in [1.165, 1.54) is 18.2 Å². The molecule has 0 heterocycles. The molecule has 1 unspecified atom stereocenters. The van der Waals surface area contributed by atoms with Gasteiger partial charge in [-0.2, -0.15) is 0 Å². The summed E-state index contributed by atoms with van der Waals surface area (Å²) in [7, 11) is 3.12. The van der Waals surface area contributed by atoms with Gasteiger partial charge < -0.3 is 15.4 Å². The molecule has 1 atom stereocenters. The van der Waals surface area contributed by atoms with Crippen LogP contribution >= 0.6 is 0 Å². The lowest BCUT2D eigenvalue weighted by Gasteiger charge is -2.13. The standard InChI is InChI=1S/C12H17N3O4/c1-8(7-19-3)14-12(16)9-4-5-11(15(17)18)10(6-9)13-2/h4-6,8,13H,7H2,1-3H3,(H,14,16). The third-order valence-electron chi connectivity index (χ3n) is 2.52. The van der Waals surface area contributed by atoms with Crippen molar-refractivity contribution in [1.29, 1.82) is 0 Å². The summed E-state index contributed by atoms with van der Waals surface area (Å²) < 4.78 is 4.92. The minimum Gasteiger partial charge on any atom is -0.383 e. The van der Waals surface area contributed by atoms with Crippen molar-refractivity contribution in [2.75, 3.05) is 26.1 Å². The lowest BCUT2D eigenvalue weighted by Crippen LogP contribution is -2.35. The highest BCUT2D eigenvalue weighted by Gasteiger charge is 2.16. The third-order valence-corrected chi connectivity index (χ3v) is 2.52. The van der Waals surface area contributed by atoms with Gasteiger partial charge in [0, 0.05) is 31.8 Å². The van der Waals surface area contributed by atoms with E-state index in [0.717, 1.165) is 0 Å². The Labute approximate surface area is 111 Å². The average molecular weight is 267 g/mol. The second-order valence-electron chi connectivity index (χ2n) is 4.07. The van der Waals surface area contributed by atoms with Gasteiger partial charge >= 0.3 is 0 Å². The van der Waals surface area contributed by atoms with E-state index >= 15 is 0 Å². The first-order valence-electron chi connectivity index (χ1n) is 5.75. The molecule has 0 fully saturated rings. The lowest BCUT2D eigenvalue weighted by molar-refractivity contribution is -0.383. The maximum Gasteiger partial charge on any atom is 0.292 e. The highest BCUT2D eigenvalue weighted by atomic mass is 16.6. The number of benzene rings is 1. The SMILES string of the molecule is CNc1cc(C(=O)NC(C)COC)ccc1[N+](=O)[O-]. The van der Waals surface area contributed by atoms with Crippen LogP contribution in [0.3, 0.4) is 0 Å². The van der Waals surface area contributed by atoms with Gasteiger partial charge in [0.1, 0.15) is 5.69 Å². The molecule has 7 nitrogen and oxygen atoms in total. The highest BCUT2D eigenvalue weighted by Crippen LogP contribution is 2.24. The first-order valence-corrected chi connectivity index (χ1v) is 5.75. The number of methoxy groups -OCH3 is 1. The molecule has 1 amide bonds. The van der Waals surface area contributed by atoms with Crippen LogP contribution in [-0.2, 0) is 4.74 Å². The zero-order valence-corrected chi connectivity index (χ0v) is 11.1. The molecule has 1 aromatic rings. The van der Waals surface area contributed by atoms with Crippen molar-refractivity contribution in [3.05, 3.63) is 33.9 Å². The molecule has 1 rings (SSSR count). The molecular weight excluding hydrogens is 250 g/mol. The number of nitrogens with one attached hydrogen (secondary N) is 2. The Morgan fingerprint density at radius 1 is 1.53 bits per heavy atom. The molecule has 0 saturated carbocycles. The molecule has 0 aromatic heterocycles. The van der Waals surface area contributed by atoms with E-state index in [9.17, 15) is 14.9 Å². The Bertz CT molecular complexity index is 476. The van der Waals surface area contributed by atoms with Gasteiger partial charge in [0.05, 0.1) is 11.5 Å². The third kappa shape index (κ3) is 3.92. The number of amides is 1. The second-order valence-corrected chi connectivity index (χ2v) is 4.07. The number of anilines is 1. The molecule has 19 heavy (non-hydrogen) atoms. The Morgan fingerprint density at radius 2 is 2.21 bits per heavy atom. The smallest absolute Gasteiger partial charge is 0.292 e. The Hall–Kier alpha value is -2.15. The van der Waals surface area contributed by atoms with E-state index in [4.69, 9.17) is 4.74 Å². The summed E-state index contributed by atoms with van der Waals surface area (Å²) in [4.78, 5) is 22.2. The highest BCUT2D eigenvalue weighted by molar-refractivity contribution is 5.96. The van der Waals surface area contributed by atoms with Crippen molar-refractivity contribution < 1.29 is 14.5 Å². The molecule has 1 aromatic carbocycles. The van der Waals surface area contributed by atoms with Crippen molar-refractivity contribution in [3.8, 4) is 0 Å². The monoisotopic (exact) mass is 267 g/mol. The zero-order chi connectivity index (χ0) is 14.4. The van der Waals surface area contributed by atoms with Gasteiger partial charge in [0.2, 0.25) is 0 Å². The summed E-state index contributed by atoms with van der Waals surface area (Å²) in [5.74, 6) is -0.295. The van der Waals surface area contributed by atoms with Crippen LogP contribution in [0.25, 0.3) is 0 Å². The van der Waals surface area contributed by atoms with Crippen molar-refractivity contribution >= 4 is 17.3 Å². The number of ether oxygens (including phenoxy) is 1. The number of hydrogen-bond donors (Lipinski definition) is 2. The molecule has 0 spiro atoms. The van der Waals surface area contributed by atoms with Crippen LogP contribution in [0.1, 0.15) is 17.3 Å². The van der Waals surface area contributed by atoms with E-state index in [2.05, 4.69) is 10.6 Å². The number of rotatable bonds is 6. The predicted molar refractivity (Wildman–Crippen MR) is 71.4 cm³/mol. The summed E-state index contributed by atoms with van der Waals surface area (Å²) in [6.07, 6.45) is 0. The van der Waals surface area contributed by atoms with Crippen LogP contribution in [0, 0.1) is 10.1 Å². The van der Waals surface area contributed by atoms with Crippen molar-refractivity contribution in [3.63, 3.8) is 0 Å². The van der Waals surface area contributed by atoms with Gasteiger partial charge in [-0.05, 0) is 19.1 Å². The fraction of sp³-hybridized carbons (Fsp3) is 0.417. The fourth-order valence-electron chi connectivity index (χ4n) is 1.64. The minimum absolute atomic E-state index is 0.0658. The first-order chi connectivity index (χ1) is 8.99. The lowest BCUT2D eigenvalue weighted by atomic mass is 10.1. The Kier molecular flexibility index (Phi) is 5.25. The van der Waals surface area contributed by atoms with E-state index in [1.807, 2.05) is 6.92 Å². The summed E-state index contributed by atoms with van der Waals surface area (Å²) in [6, 6.07) is 4.05. The van der Waals surface area contributed by atoms with E-state index in [0.29, 0.717) is 17.9 Å². The molecule has 104 valence electrons. The largest absolute Gasteiger partial charge is 0.383 e. The molecule has 0 bridgehead atoms. The maximum absolute atomic E-state index is 11.9. The number of nitro groups is 1. The minimum atomic E-state index is -0.499. The van der Waals surface area contributed by atoms with Gasteiger partial charge in [-0.1, -0.05) is 0 Å². The van der Waals surface area contributed by atoms with Crippen LogP contribution in [0.2, 0.25) is 0 Å². The van der Waals surface area contributed by atoms with Gasteiger partial charge in [-0.25, -0.2) is 0 Å². The fourth-order valence-corrected chi connectivity index (χ4v) is 1.64. The van der Waals surface area contributed by atoms with Gasteiger partial charge in [-0.3, -0.25) is 14.9 Å². The summed E-state index contributed by atoms with van der Waals surface area (Å²) in [5.41, 5.74) is 0.596. The van der Waals surface area contributed by atoms with Crippen LogP contribution in [0.15, 0.2) is 18.2 Å². The van der Waals surface area contributed by atoms with Crippen molar-refractivity contribution in [1.82, 2.24) is 5.32 Å². The summed E-state index contributed by atoms with van der Waals surface area (Å²) in [5, 5.41) is 16.2. The van der Waals surface area contributed by atoms with Crippen LogP contribution < -0.4 is 10.6 Å².